The summed E-state index contributed by atoms with van der Waals surface area (Å²) < 4.78 is 5.08. The lowest BCUT2D eigenvalue weighted by atomic mass is 10.0. The van der Waals surface area contributed by atoms with E-state index in [2.05, 4.69) is 15.3 Å². The number of rotatable bonds is 7. The van der Waals surface area contributed by atoms with Gasteiger partial charge in [-0.2, -0.15) is 0 Å². The maximum Gasteiger partial charge on any atom is 0.265 e. The molecule has 192 valence electrons. The second-order valence-electron chi connectivity index (χ2n) is 8.74. The van der Waals surface area contributed by atoms with Gasteiger partial charge in [0, 0.05) is 31.3 Å². The van der Waals surface area contributed by atoms with Gasteiger partial charge < -0.3 is 15.0 Å². The molecule has 0 bridgehead atoms. The maximum atomic E-state index is 13.6. The summed E-state index contributed by atoms with van der Waals surface area (Å²) in [5.74, 6) is 0.258. The molecule has 1 aliphatic heterocycles. The monoisotopic (exact) mass is 546 g/mol. The molecule has 0 spiro atoms. The van der Waals surface area contributed by atoms with E-state index in [0.29, 0.717) is 28.4 Å². The molecule has 5 rings (SSSR count). The Hall–Kier alpha value is -4.08. The quantitative estimate of drug-likeness (QED) is 0.356. The SMILES string of the molecule is COc1ccc(NC(=O)c2ccc(CN3C(=O)c4sccc4CC(=O)C3Cc3ccccn3)cc2Cl)nc1. The number of nitrogens with zero attached hydrogens (tertiary/aromatic N) is 3. The molecule has 10 heteroatoms. The zero-order valence-electron chi connectivity index (χ0n) is 20.4. The highest BCUT2D eigenvalue weighted by molar-refractivity contribution is 7.12. The number of nitrogens with one attached hydrogen (secondary N) is 1. The predicted octanol–water partition coefficient (Wildman–Crippen LogP) is 4.83. The van der Waals surface area contributed by atoms with Crippen LogP contribution in [0.5, 0.6) is 5.75 Å². The second kappa shape index (κ2) is 11.1. The van der Waals surface area contributed by atoms with Crippen LogP contribution >= 0.6 is 22.9 Å². The first-order valence-electron chi connectivity index (χ1n) is 11.8. The number of thiophene rings is 1. The van der Waals surface area contributed by atoms with Crippen molar-refractivity contribution in [1.29, 1.82) is 0 Å². The Labute approximate surface area is 228 Å². The summed E-state index contributed by atoms with van der Waals surface area (Å²) in [6.45, 7) is 0.154. The summed E-state index contributed by atoms with van der Waals surface area (Å²) in [4.78, 5) is 50.4. The molecule has 1 aliphatic rings. The van der Waals surface area contributed by atoms with Crippen LogP contribution in [0.2, 0.25) is 5.02 Å². The lowest BCUT2D eigenvalue weighted by molar-refractivity contribution is -0.122. The highest BCUT2D eigenvalue weighted by Gasteiger charge is 2.36. The largest absolute Gasteiger partial charge is 0.495 e. The van der Waals surface area contributed by atoms with Crippen LogP contribution in [0.4, 0.5) is 5.82 Å². The summed E-state index contributed by atoms with van der Waals surface area (Å²) in [5.41, 5.74) is 2.43. The number of aromatic nitrogens is 2. The summed E-state index contributed by atoms with van der Waals surface area (Å²) >= 11 is 7.84. The number of ketones is 1. The van der Waals surface area contributed by atoms with Crippen LogP contribution in [0.1, 0.15) is 36.9 Å². The molecule has 4 heterocycles. The minimum atomic E-state index is -0.681. The molecule has 38 heavy (non-hydrogen) atoms. The van der Waals surface area contributed by atoms with Gasteiger partial charge in [0.05, 0.1) is 34.8 Å². The van der Waals surface area contributed by atoms with E-state index in [1.54, 1.807) is 41.4 Å². The Bertz CT molecular complexity index is 1490. The first-order valence-corrected chi connectivity index (χ1v) is 13.1. The van der Waals surface area contributed by atoms with E-state index in [0.717, 1.165) is 11.3 Å². The average Bonchev–Trinajstić information content (AvgIpc) is 3.36. The topological polar surface area (TPSA) is 101 Å². The molecule has 1 N–H and O–H groups in total. The van der Waals surface area contributed by atoms with Gasteiger partial charge in [0.2, 0.25) is 0 Å². The fourth-order valence-electron chi connectivity index (χ4n) is 4.33. The standard InChI is InChI=1S/C28H23ClN4O4S/c1-37-20-6-8-25(31-15-20)32-27(35)21-7-5-17(12-22(21)29)16-33-23(14-19-4-2-3-10-30-19)24(34)13-18-9-11-38-26(18)28(33)36/h2-12,15,23H,13-14,16H2,1H3,(H,31,32,35). The van der Waals surface area contributed by atoms with Crippen molar-refractivity contribution < 1.29 is 19.1 Å². The van der Waals surface area contributed by atoms with Crippen molar-refractivity contribution in [1.82, 2.24) is 14.9 Å². The molecule has 2 amide bonds. The summed E-state index contributed by atoms with van der Waals surface area (Å²) in [6, 6.07) is 15.0. The number of halogens is 1. The molecular weight excluding hydrogens is 524 g/mol. The van der Waals surface area contributed by atoms with Crippen LogP contribution in [0.15, 0.2) is 72.4 Å². The van der Waals surface area contributed by atoms with Crippen molar-refractivity contribution in [3.63, 3.8) is 0 Å². The van der Waals surface area contributed by atoms with E-state index in [9.17, 15) is 14.4 Å². The van der Waals surface area contributed by atoms with Crippen LogP contribution in [0.25, 0.3) is 0 Å². The fraction of sp³-hybridized carbons (Fsp3) is 0.179. The number of carbonyl (C=O) groups is 3. The summed E-state index contributed by atoms with van der Waals surface area (Å²) in [7, 11) is 1.53. The molecule has 1 aromatic carbocycles. The molecule has 3 aromatic heterocycles. The van der Waals surface area contributed by atoms with Crippen LogP contribution in [-0.2, 0) is 24.2 Å². The van der Waals surface area contributed by atoms with Gasteiger partial charge in [0.15, 0.2) is 5.78 Å². The van der Waals surface area contributed by atoms with Crippen LogP contribution in [-0.4, -0.2) is 45.6 Å². The van der Waals surface area contributed by atoms with Gasteiger partial charge in [-0.1, -0.05) is 23.7 Å². The third-order valence-electron chi connectivity index (χ3n) is 6.29. The van der Waals surface area contributed by atoms with Gasteiger partial charge in [0.1, 0.15) is 11.6 Å². The van der Waals surface area contributed by atoms with Crippen molar-refractivity contribution in [2.45, 2.75) is 25.4 Å². The number of pyridine rings is 2. The maximum absolute atomic E-state index is 13.6. The fourth-order valence-corrected chi connectivity index (χ4v) is 5.50. The molecule has 0 fully saturated rings. The Morgan fingerprint density at radius 2 is 2.03 bits per heavy atom. The van der Waals surface area contributed by atoms with Gasteiger partial charge in [0.25, 0.3) is 11.8 Å². The number of fused-ring (bicyclic) bond motifs is 1. The van der Waals surface area contributed by atoms with E-state index in [1.165, 1.54) is 24.6 Å². The zero-order valence-corrected chi connectivity index (χ0v) is 22.0. The van der Waals surface area contributed by atoms with E-state index in [1.807, 2.05) is 29.6 Å². The lowest BCUT2D eigenvalue weighted by Crippen LogP contribution is -2.44. The van der Waals surface area contributed by atoms with Crippen molar-refractivity contribution in [2.75, 3.05) is 12.4 Å². The third kappa shape index (κ3) is 5.44. The van der Waals surface area contributed by atoms with Gasteiger partial charge in [-0.25, -0.2) is 4.98 Å². The molecule has 1 unspecified atom stereocenters. The Kier molecular flexibility index (Phi) is 7.48. The van der Waals surface area contributed by atoms with Crippen molar-refractivity contribution in [3.8, 4) is 5.75 Å². The Balaban J connectivity index is 1.39. The van der Waals surface area contributed by atoms with Crippen LogP contribution in [0, 0.1) is 0 Å². The normalized spacial score (nSPS) is 15.1. The number of anilines is 1. The summed E-state index contributed by atoms with van der Waals surface area (Å²) in [6.07, 6.45) is 3.67. The minimum Gasteiger partial charge on any atom is -0.495 e. The first-order chi connectivity index (χ1) is 18.4. The first kappa shape index (κ1) is 25.6. The lowest BCUT2D eigenvalue weighted by Gasteiger charge is -2.29. The highest BCUT2D eigenvalue weighted by atomic mass is 35.5. The van der Waals surface area contributed by atoms with Gasteiger partial charge in [-0.15, -0.1) is 11.3 Å². The van der Waals surface area contributed by atoms with E-state index in [4.69, 9.17) is 16.3 Å². The molecular formula is C28H23ClN4O4S. The molecule has 0 saturated carbocycles. The number of carbonyl (C=O) groups excluding carboxylic acids is 3. The van der Waals surface area contributed by atoms with Crippen molar-refractivity contribution in [2.24, 2.45) is 0 Å². The molecule has 4 aromatic rings. The molecule has 0 saturated heterocycles. The number of Topliss-reactive ketones (excluding diaryl/α,β-unsaturated/α-hetero) is 1. The van der Waals surface area contributed by atoms with Gasteiger partial charge >= 0.3 is 0 Å². The van der Waals surface area contributed by atoms with Gasteiger partial charge in [-0.3, -0.25) is 19.4 Å². The number of ether oxygens (including phenoxy) is 1. The Morgan fingerprint density at radius 1 is 1.16 bits per heavy atom. The Morgan fingerprint density at radius 3 is 2.74 bits per heavy atom. The number of hydrogen-bond donors (Lipinski definition) is 1. The number of hydrogen-bond acceptors (Lipinski definition) is 7. The molecule has 0 radical (unpaired) electrons. The summed E-state index contributed by atoms with van der Waals surface area (Å²) in [5, 5.41) is 4.76. The zero-order chi connectivity index (χ0) is 26.6. The molecule has 1 atom stereocenters. The van der Waals surface area contributed by atoms with E-state index < -0.39 is 11.9 Å². The number of methoxy groups -OCH3 is 1. The van der Waals surface area contributed by atoms with Crippen molar-refractivity contribution in [3.05, 3.63) is 105 Å². The highest BCUT2D eigenvalue weighted by Crippen LogP contribution is 2.29. The van der Waals surface area contributed by atoms with Crippen LogP contribution < -0.4 is 10.1 Å². The smallest absolute Gasteiger partial charge is 0.265 e. The number of benzene rings is 1. The third-order valence-corrected chi connectivity index (χ3v) is 7.55. The average molecular weight is 547 g/mol. The molecule has 8 nitrogen and oxygen atoms in total. The van der Waals surface area contributed by atoms with Gasteiger partial charge in [-0.05, 0) is 59.0 Å². The number of amides is 2. The minimum absolute atomic E-state index is 0.0461. The molecule has 0 aliphatic carbocycles. The van der Waals surface area contributed by atoms with Crippen LogP contribution in [0.3, 0.4) is 0 Å². The predicted molar refractivity (Wildman–Crippen MR) is 145 cm³/mol. The van der Waals surface area contributed by atoms with E-state index >= 15 is 0 Å². The van der Waals surface area contributed by atoms with E-state index in [-0.39, 0.29) is 35.2 Å². The van der Waals surface area contributed by atoms with Crippen molar-refractivity contribution >= 4 is 46.4 Å². The second-order valence-corrected chi connectivity index (χ2v) is 10.1.